The molecule has 1 aromatic rings. The molecule has 0 aromatic heterocycles. The standard InChI is InChI=1S/C16H16N2O3/c1-10-6-7-11(9-17)8-14(10)18-15(19)12-4-2-3-5-13(12)16(20)21/h2-3,6-8,12-13H,4-5H2,1H3,(H,18,19)(H,20,21). The summed E-state index contributed by atoms with van der Waals surface area (Å²) in [5, 5.41) is 20.9. The van der Waals surface area contributed by atoms with E-state index in [1.54, 1.807) is 24.3 Å². The maximum Gasteiger partial charge on any atom is 0.307 e. The lowest BCUT2D eigenvalue weighted by atomic mass is 9.82. The van der Waals surface area contributed by atoms with Crippen molar-refractivity contribution in [1.82, 2.24) is 0 Å². The average molecular weight is 284 g/mol. The number of carboxylic acids is 1. The molecule has 0 fully saturated rings. The average Bonchev–Trinajstić information content (AvgIpc) is 2.49. The van der Waals surface area contributed by atoms with Gasteiger partial charge in [0.2, 0.25) is 5.91 Å². The number of hydrogen-bond acceptors (Lipinski definition) is 3. The molecule has 2 N–H and O–H groups in total. The highest BCUT2D eigenvalue weighted by Crippen LogP contribution is 2.28. The minimum Gasteiger partial charge on any atom is -0.481 e. The van der Waals surface area contributed by atoms with Crippen LogP contribution >= 0.6 is 0 Å². The van der Waals surface area contributed by atoms with Crippen molar-refractivity contribution in [3.05, 3.63) is 41.5 Å². The number of nitrogens with one attached hydrogen (secondary N) is 1. The van der Waals surface area contributed by atoms with Gasteiger partial charge in [0.05, 0.1) is 23.5 Å². The summed E-state index contributed by atoms with van der Waals surface area (Å²) in [6.07, 6.45) is 4.41. The first-order valence-electron chi connectivity index (χ1n) is 6.72. The normalized spacial score (nSPS) is 20.6. The molecule has 0 saturated carbocycles. The highest BCUT2D eigenvalue weighted by molar-refractivity contribution is 5.96. The largest absolute Gasteiger partial charge is 0.481 e. The van der Waals surface area contributed by atoms with Gasteiger partial charge in [-0.3, -0.25) is 9.59 Å². The van der Waals surface area contributed by atoms with Crippen molar-refractivity contribution in [3.63, 3.8) is 0 Å². The second kappa shape index (κ2) is 6.23. The first-order valence-corrected chi connectivity index (χ1v) is 6.72. The van der Waals surface area contributed by atoms with E-state index in [1.807, 2.05) is 19.1 Å². The molecule has 0 radical (unpaired) electrons. The Balaban J connectivity index is 2.19. The van der Waals surface area contributed by atoms with Crippen LogP contribution in [-0.2, 0) is 9.59 Å². The summed E-state index contributed by atoms with van der Waals surface area (Å²) in [6, 6.07) is 7.05. The Morgan fingerprint density at radius 2 is 1.95 bits per heavy atom. The van der Waals surface area contributed by atoms with Crippen LogP contribution in [0.25, 0.3) is 0 Å². The van der Waals surface area contributed by atoms with Gasteiger partial charge in [-0.2, -0.15) is 5.26 Å². The van der Waals surface area contributed by atoms with E-state index in [4.69, 9.17) is 5.26 Å². The van der Waals surface area contributed by atoms with E-state index in [0.717, 1.165) is 5.56 Å². The SMILES string of the molecule is Cc1ccc(C#N)cc1NC(=O)C1CC=CCC1C(=O)O. The van der Waals surface area contributed by atoms with Crippen LogP contribution in [0.3, 0.4) is 0 Å². The number of aryl methyl sites for hydroxylation is 1. The number of aliphatic carboxylic acids is 1. The Labute approximate surface area is 122 Å². The monoisotopic (exact) mass is 284 g/mol. The van der Waals surface area contributed by atoms with Crippen LogP contribution in [0, 0.1) is 30.1 Å². The zero-order chi connectivity index (χ0) is 15.4. The highest BCUT2D eigenvalue weighted by Gasteiger charge is 2.34. The van der Waals surface area contributed by atoms with Gasteiger partial charge < -0.3 is 10.4 Å². The van der Waals surface area contributed by atoms with Gasteiger partial charge in [0, 0.05) is 5.69 Å². The molecular weight excluding hydrogens is 268 g/mol. The summed E-state index contributed by atoms with van der Waals surface area (Å²) < 4.78 is 0. The van der Waals surface area contributed by atoms with Crippen molar-refractivity contribution in [2.45, 2.75) is 19.8 Å². The molecule has 1 aliphatic rings. The fourth-order valence-corrected chi connectivity index (χ4v) is 2.43. The Hall–Kier alpha value is -2.61. The van der Waals surface area contributed by atoms with Crippen LogP contribution in [0.5, 0.6) is 0 Å². The van der Waals surface area contributed by atoms with Gasteiger partial charge in [0.25, 0.3) is 0 Å². The zero-order valence-corrected chi connectivity index (χ0v) is 11.7. The van der Waals surface area contributed by atoms with E-state index in [0.29, 0.717) is 24.1 Å². The van der Waals surface area contributed by atoms with Gasteiger partial charge >= 0.3 is 5.97 Å². The van der Waals surface area contributed by atoms with E-state index in [9.17, 15) is 14.7 Å². The molecular formula is C16H16N2O3. The molecule has 5 nitrogen and oxygen atoms in total. The maximum atomic E-state index is 12.3. The molecule has 0 saturated heterocycles. The summed E-state index contributed by atoms with van der Waals surface area (Å²) in [6.45, 7) is 1.83. The number of carbonyl (C=O) groups is 2. The number of nitriles is 1. The predicted molar refractivity (Wildman–Crippen MR) is 77.5 cm³/mol. The van der Waals surface area contributed by atoms with Crippen LogP contribution in [-0.4, -0.2) is 17.0 Å². The molecule has 2 unspecified atom stereocenters. The van der Waals surface area contributed by atoms with Crippen LogP contribution in [0.4, 0.5) is 5.69 Å². The first-order chi connectivity index (χ1) is 10.0. The van der Waals surface area contributed by atoms with Crippen LogP contribution < -0.4 is 5.32 Å². The van der Waals surface area contributed by atoms with E-state index < -0.39 is 17.8 Å². The number of rotatable bonds is 3. The van der Waals surface area contributed by atoms with Crippen molar-refractivity contribution in [2.24, 2.45) is 11.8 Å². The molecule has 0 heterocycles. The molecule has 108 valence electrons. The summed E-state index contributed by atoms with van der Waals surface area (Å²) in [4.78, 5) is 23.6. The third-order valence-corrected chi connectivity index (χ3v) is 3.71. The van der Waals surface area contributed by atoms with Gasteiger partial charge in [0.15, 0.2) is 0 Å². The van der Waals surface area contributed by atoms with Crippen molar-refractivity contribution < 1.29 is 14.7 Å². The number of anilines is 1. The van der Waals surface area contributed by atoms with E-state index >= 15 is 0 Å². The summed E-state index contributed by atoms with van der Waals surface area (Å²) in [7, 11) is 0. The van der Waals surface area contributed by atoms with E-state index in [2.05, 4.69) is 5.32 Å². The number of carboxylic acid groups (broad SMARTS) is 1. The van der Waals surface area contributed by atoms with Gasteiger partial charge in [-0.05, 0) is 37.5 Å². The topological polar surface area (TPSA) is 90.2 Å². The summed E-state index contributed by atoms with van der Waals surface area (Å²) >= 11 is 0. The molecule has 0 bridgehead atoms. The summed E-state index contributed by atoms with van der Waals surface area (Å²) in [5.41, 5.74) is 1.84. The molecule has 0 aliphatic heterocycles. The lowest BCUT2D eigenvalue weighted by Gasteiger charge is -2.24. The van der Waals surface area contributed by atoms with Crippen molar-refractivity contribution in [1.29, 1.82) is 5.26 Å². The number of carbonyl (C=O) groups excluding carboxylic acids is 1. The number of allylic oxidation sites excluding steroid dienone is 2. The fourth-order valence-electron chi connectivity index (χ4n) is 2.43. The van der Waals surface area contributed by atoms with Gasteiger partial charge in [-0.1, -0.05) is 18.2 Å². The molecule has 5 heteroatoms. The molecule has 21 heavy (non-hydrogen) atoms. The minimum atomic E-state index is -0.956. The van der Waals surface area contributed by atoms with Gasteiger partial charge in [-0.15, -0.1) is 0 Å². The fraction of sp³-hybridized carbons (Fsp3) is 0.312. The third kappa shape index (κ3) is 3.29. The molecule has 2 rings (SSSR count). The van der Waals surface area contributed by atoms with Crippen molar-refractivity contribution in [3.8, 4) is 6.07 Å². The van der Waals surface area contributed by atoms with Crippen molar-refractivity contribution in [2.75, 3.05) is 5.32 Å². The number of amides is 1. The molecule has 1 aromatic carbocycles. The Kier molecular flexibility index (Phi) is 4.39. The minimum absolute atomic E-state index is 0.315. The molecule has 0 spiro atoms. The highest BCUT2D eigenvalue weighted by atomic mass is 16.4. The lowest BCUT2D eigenvalue weighted by Crippen LogP contribution is -2.34. The van der Waals surface area contributed by atoms with Crippen LogP contribution in [0.1, 0.15) is 24.0 Å². The quantitative estimate of drug-likeness (QED) is 0.834. The zero-order valence-electron chi connectivity index (χ0n) is 11.7. The first kappa shape index (κ1) is 14.8. The van der Waals surface area contributed by atoms with Gasteiger partial charge in [0.1, 0.15) is 0 Å². The molecule has 1 amide bonds. The van der Waals surface area contributed by atoms with Crippen LogP contribution in [0.2, 0.25) is 0 Å². The Morgan fingerprint density at radius 3 is 2.57 bits per heavy atom. The third-order valence-electron chi connectivity index (χ3n) is 3.71. The van der Waals surface area contributed by atoms with E-state index in [-0.39, 0.29) is 5.91 Å². The molecule has 2 atom stereocenters. The molecule has 1 aliphatic carbocycles. The smallest absolute Gasteiger partial charge is 0.307 e. The number of nitrogens with zero attached hydrogens (tertiary/aromatic N) is 1. The number of benzene rings is 1. The number of hydrogen-bond donors (Lipinski definition) is 2. The van der Waals surface area contributed by atoms with Crippen molar-refractivity contribution >= 4 is 17.6 Å². The Morgan fingerprint density at radius 1 is 1.29 bits per heavy atom. The van der Waals surface area contributed by atoms with Gasteiger partial charge in [-0.25, -0.2) is 0 Å². The summed E-state index contributed by atoms with van der Waals surface area (Å²) in [5.74, 6) is -2.56. The van der Waals surface area contributed by atoms with Crippen LogP contribution in [0.15, 0.2) is 30.4 Å². The second-order valence-corrected chi connectivity index (χ2v) is 5.12. The maximum absolute atomic E-state index is 12.3. The lowest BCUT2D eigenvalue weighted by molar-refractivity contribution is -0.146. The van der Waals surface area contributed by atoms with E-state index in [1.165, 1.54) is 0 Å². The predicted octanol–water partition coefficient (Wildman–Crippen LogP) is 2.47. The second-order valence-electron chi connectivity index (χ2n) is 5.12. The Bertz CT molecular complexity index is 643.